The van der Waals surface area contributed by atoms with Crippen molar-refractivity contribution in [2.45, 2.75) is 25.9 Å². The Labute approximate surface area is 157 Å². The van der Waals surface area contributed by atoms with Gasteiger partial charge in [0.25, 0.3) is 5.91 Å². The third kappa shape index (κ3) is 3.65. The molecule has 27 heavy (non-hydrogen) atoms. The first-order valence-corrected chi connectivity index (χ1v) is 8.94. The van der Waals surface area contributed by atoms with Gasteiger partial charge in [0.1, 0.15) is 5.69 Å². The number of nitrogens with one attached hydrogen (secondary N) is 1. The zero-order valence-corrected chi connectivity index (χ0v) is 15.1. The smallest absolute Gasteiger partial charge is 0.271 e. The van der Waals surface area contributed by atoms with E-state index in [9.17, 15) is 9.59 Å². The number of fused-ring (bicyclic) bond motifs is 1. The molecule has 4 rings (SSSR count). The van der Waals surface area contributed by atoms with Gasteiger partial charge in [-0.2, -0.15) is 0 Å². The van der Waals surface area contributed by atoms with Crippen molar-refractivity contribution >= 4 is 22.6 Å². The van der Waals surface area contributed by atoms with E-state index in [2.05, 4.69) is 33.5 Å². The first-order chi connectivity index (χ1) is 13.1. The SMILES string of the molecule is Cc1cnc(C(=O)N[C@@H]2CC(=O)N(Cc3cccc4ccccc34)C2)cn1. The molecule has 0 radical (unpaired) electrons. The second-order valence-corrected chi connectivity index (χ2v) is 6.83. The number of carbonyl (C=O) groups is 2. The Bertz CT molecular complexity index is 995. The fourth-order valence-corrected chi connectivity index (χ4v) is 3.43. The van der Waals surface area contributed by atoms with Crippen LogP contribution in [0.15, 0.2) is 54.9 Å². The van der Waals surface area contributed by atoms with Crippen LogP contribution in [0.2, 0.25) is 0 Å². The maximum absolute atomic E-state index is 12.4. The summed E-state index contributed by atoms with van der Waals surface area (Å²) in [5, 5.41) is 5.20. The summed E-state index contributed by atoms with van der Waals surface area (Å²) in [4.78, 5) is 34.7. The molecule has 0 spiro atoms. The molecule has 2 heterocycles. The summed E-state index contributed by atoms with van der Waals surface area (Å²) in [7, 11) is 0. The average molecular weight is 360 g/mol. The lowest BCUT2D eigenvalue weighted by Gasteiger charge is -2.18. The number of aryl methyl sites for hydroxylation is 1. The monoisotopic (exact) mass is 360 g/mol. The molecule has 1 aliphatic rings. The fourth-order valence-electron chi connectivity index (χ4n) is 3.43. The largest absolute Gasteiger partial charge is 0.346 e. The van der Waals surface area contributed by atoms with Crippen molar-refractivity contribution in [1.82, 2.24) is 20.2 Å². The van der Waals surface area contributed by atoms with E-state index in [1.165, 1.54) is 6.20 Å². The van der Waals surface area contributed by atoms with Crippen molar-refractivity contribution in [3.05, 3.63) is 71.8 Å². The van der Waals surface area contributed by atoms with Crippen LogP contribution in [0.3, 0.4) is 0 Å². The van der Waals surface area contributed by atoms with Gasteiger partial charge in [0, 0.05) is 25.7 Å². The Morgan fingerprint density at radius 2 is 1.96 bits per heavy atom. The summed E-state index contributed by atoms with van der Waals surface area (Å²) in [5.41, 5.74) is 2.13. The van der Waals surface area contributed by atoms with Crippen molar-refractivity contribution in [1.29, 1.82) is 0 Å². The second kappa shape index (κ2) is 7.15. The van der Waals surface area contributed by atoms with Crippen LogP contribution in [0.25, 0.3) is 10.8 Å². The van der Waals surface area contributed by atoms with Gasteiger partial charge < -0.3 is 10.2 Å². The topological polar surface area (TPSA) is 75.2 Å². The highest BCUT2D eigenvalue weighted by atomic mass is 16.2. The van der Waals surface area contributed by atoms with E-state index in [0.717, 1.165) is 22.0 Å². The van der Waals surface area contributed by atoms with Crippen LogP contribution >= 0.6 is 0 Å². The van der Waals surface area contributed by atoms with Crippen molar-refractivity contribution in [3.8, 4) is 0 Å². The van der Waals surface area contributed by atoms with Gasteiger partial charge in [-0.1, -0.05) is 42.5 Å². The minimum absolute atomic E-state index is 0.0447. The van der Waals surface area contributed by atoms with E-state index in [4.69, 9.17) is 0 Å². The molecule has 0 bridgehead atoms. The number of benzene rings is 2. The predicted molar refractivity (Wildman–Crippen MR) is 102 cm³/mol. The van der Waals surface area contributed by atoms with Crippen LogP contribution in [-0.2, 0) is 11.3 Å². The summed E-state index contributed by atoms with van der Waals surface area (Å²) in [6, 6.07) is 14.0. The highest BCUT2D eigenvalue weighted by Crippen LogP contribution is 2.22. The first-order valence-electron chi connectivity index (χ1n) is 8.94. The van der Waals surface area contributed by atoms with Gasteiger partial charge in [-0.25, -0.2) is 4.98 Å². The Balaban J connectivity index is 1.44. The van der Waals surface area contributed by atoms with E-state index in [1.54, 1.807) is 11.1 Å². The molecule has 2 aromatic carbocycles. The van der Waals surface area contributed by atoms with Gasteiger partial charge in [0.15, 0.2) is 0 Å². The zero-order valence-electron chi connectivity index (χ0n) is 15.1. The Hall–Kier alpha value is -3.28. The summed E-state index contributed by atoms with van der Waals surface area (Å²) in [6.45, 7) is 2.85. The highest BCUT2D eigenvalue weighted by molar-refractivity contribution is 5.93. The molecule has 0 saturated carbocycles. The molecule has 1 saturated heterocycles. The van der Waals surface area contributed by atoms with Crippen LogP contribution in [0, 0.1) is 6.92 Å². The lowest BCUT2D eigenvalue weighted by molar-refractivity contribution is -0.128. The maximum atomic E-state index is 12.4. The number of nitrogens with zero attached hydrogens (tertiary/aromatic N) is 3. The summed E-state index contributed by atoms with van der Waals surface area (Å²) in [5.74, 6) is -0.254. The number of aromatic nitrogens is 2. The van der Waals surface area contributed by atoms with Gasteiger partial charge in [0.2, 0.25) is 5.91 Å². The van der Waals surface area contributed by atoms with Gasteiger partial charge in [-0.15, -0.1) is 0 Å². The number of carbonyl (C=O) groups excluding carboxylic acids is 2. The van der Waals surface area contributed by atoms with Crippen molar-refractivity contribution in [3.63, 3.8) is 0 Å². The van der Waals surface area contributed by atoms with Gasteiger partial charge >= 0.3 is 0 Å². The molecule has 0 aliphatic carbocycles. The summed E-state index contributed by atoms with van der Waals surface area (Å²) in [6.07, 6.45) is 3.31. The molecule has 0 unspecified atom stereocenters. The molecular formula is C21H20N4O2. The second-order valence-electron chi connectivity index (χ2n) is 6.83. The van der Waals surface area contributed by atoms with Crippen LogP contribution in [-0.4, -0.2) is 39.3 Å². The van der Waals surface area contributed by atoms with E-state index in [1.807, 2.05) is 31.2 Å². The first kappa shape index (κ1) is 17.1. The standard InChI is InChI=1S/C21H20N4O2/c1-14-10-23-19(11-22-14)21(27)24-17-9-20(26)25(13-17)12-16-7-4-6-15-5-2-3-8-18(15)16/h2-8,10-11,17H,9,12-13H2,1H3,(H,24,27)/t17-/m1/s1. The minimum Gasteiger partial charge on any atom is -0.346 e. The molecule has 1 atom stereocenters. The van der Waals surface area contributed by atoms with Crippen molar-refractivity contribution in [2.75, 3.05) is 6.54 Å². The lowest BCUT2D eigenvalue weighted by Crippen LogP contribution is -2.37. The molecule has 1 aliphatic heterocycles. The van der Waals surface area contributed by atoms with Crippen LogP contribution in [0.4, 0.5) is 0 Å². The summed E-state index contributed by atoms with van der Waals surface area (Å²) >= 11 is 0. The Morgan fingerprint density at radius 1 is 1.15 bits per heavy atom. The van der Waals surface area contributed by atoms with Crippen LogP contribution in [0.5, 0.6) is 0 Å². The van der Waals surface area contributed by atoms with Crippen LogP contribution in [0.1, 0.15) is 28.2 Å². The van der Waals surface area contributed by atoms with E-state index in [-0.39, 0.29) is 23.6 Å². The minimum atomic E-state index is -0.299. The van der Waals surface area contributed by atoms with E-state index >= 15 is 0 Å². The maximum Gasteiger partial charge on any atom is 0.271 e. The quantitative estimate of drug-likeness (QED) is 0.776. The van der Waals surface area contributed by atoms with Crippen LogP contribution < -0.4 is 5.32 Å². The fraction of sp³-hybridized carbons (Fsp3) is 0.238. The molecule has 2 amide bonds. The molecule has 1 aromatic heterocycles. The molecule has 136 valence electrons. The van der Waals surface area contributed by atoms with Crippen molar-refractivity contribution < 1.29 is 9.59 Å². The predicted octanol–water partition coefficient (Wildman–Crippen LogP) is 2.47. The van der Waals surface area contributed by atoms with E-state index < -0.39 is 0 Å². The highest BCUT2D eigenvalue weighted by Gasteiger charge is 2.31. The normalized spacial score (nSPS) is 16.7. The van der Waals surface area contributed by atoms with Gasteiger partial charge in [0.05, 0.1) is 17.9 Å². The number of hydrogen-bond acceptors (Lipinski definition) is 4. The number of rotatable bonds is 4. The lowest BCUT2D eigenvalue weighted by atomic mass is 10.0. The Kier molecular flexibility index (Phi) is 4.54. The van der Waals surface area contributed by atoms with E-state index in [0.29, 0.717) is 19.5 Å². The number of hydrogen-bond donors (Lipinski definition) is 1. The summed E-state index contributed by atoms with van der Waals surface area (Å²) < 4.78 is 0. The Morgan fingerprint density at radius 3 is 2.78 bits per heavy atom. The molecule has 6 nitrogen and oxygen atoms in total. The molecule has 1 N–H and O–H groups in total. The molecule has 6 heteroatoms. The molecular weight excluding hydrogens is 340 g/mol. The van der Waals surface area contributed by atoms with Gasteiger partial charge in [-0.05, 0) is 23.3 Å². The third-order valence-electron chi connectivity index (χ3n) is 4.80. The average Bonchev–Trinajstić information content (AvgIpc) is 3.01. The zero-order chi connectivity index (χ0) is 18.8. The molecule has 3 aromatic rings. The number of amides is 2. The number of likely N-dealkylation sites (tertiary alicyclic amines) is 1. The molecule has 1 fully saturated rings. The third-order valence-corrected chi connectivity index (χ3v) is 4.80. The van der Waals surface area contributed by atoms with Gasteiger partial charge in [-0.3, -0.25) is 14.6 Å². The van der Waals surface area contributed by atoms with Crippen molar-refractivity contribution in [2.24, 2.45) is 0 Å².